The van der Waals surface area contributed by atoms with Crippen molar-refractivity contribution >= 4 is 18.0 Å². The van der Waals surface area contributed by atoms with Gasteiger partial charge >= 0.3 is 0 Å². The number of carbonyl (C=O) groups is 1. The van der Waals surface area contributed by atoms with Gasteiger partial charge in [0.25, 0.3) is 5.91 Å². The van der Waals surface area contributed by atoms with E-state index in [1.807, 2.05) is 42.5 Å². The first-order valence-electron chi connectivity index (χ1n) is 8.11. The number of hydrogen-bond donors (Lipinski definition) is 1. The number of benzene rings is 1. The largest absolute Gasteiger partial charge is 0.440 e. The van der Waals surface area contributed by atoms with Crippen LogP contribution in [0.15, 0.2) is 52.0 Å². The standard InChI is InChI=1S/C18H21N3O4/c1-23-17(14-5-3-2-4-6-14)18(22)20-19-13-15-7-8-16(25-15)21-9-11-24-12-10-21/h2-8,13,17H,9-12H2,1H3,(H,20,22)/b19-13-/t17-/m0/s1. The Hall–Kier alpha value is -2.64. The molecule has 25 heavy (non-hydrogen) atoms. The van der Waals surface area contributed by atoms with Crippen molar-refractivity contribution in [2.75, 3.05) is 38.3 Å². The first-order chi connectivity index (χ1) is 12.3. The Morgan fingerprint density at radius 2 is 2.00 bits per heavy atom. The van der Waals surface area contributed by atoms with Crippen molar-refractivity contribution in [3.8, 4) is 0 Å². The zero-order valence-corrected chi connectivity index (χ0v) is 14.1. The van der Waals surface area contributed by atoms with E-state index >= 15 is 0 Å². The summed E-state index contributed by atoms with van der Waals surface area (Å²) in [6, 6.07) is 13.0. The van der Waals surface area contributed by atoms with Gasteiger partial charge < -0.3 is 18.8 Å². The van der Waals surface area contributed by atoms with Crippen LogP contribution >= 0.6 is 0 Å². The Kier molecular flexibility index (Phi) is 5.81. The molecule has 1 N–H and O–H groups in total. The van der Waals surface area contributed by atoms with Crippen LogP contribution in [-0.2, 0) is 14.3 Å². The van der Waals surface area contributed by atoms with Crippen molar-refractivity contribution in [1.82, 2.24) is 5.43 Å². The van der Waals surface area contributed by atoms with Crippen LogP contribution in [0.3, 0.4) is 0 Å². The van der Waals surface area contributed by atoms with Gasteiger partial charge in [-0.3, -0.25) is 4.79 Å². The summed E-state index contributed by atoms with van der Waals surface area (Å²) in [6.07, 6.45) is 0.762. The van der Waals surface area contributed by atoms with Crippen molar-refractivity contribution in [3.05, 3.63) is 53.8 Å². The molecule has 1 fully saturated rings. The molecule has 1 aliphatic heterocycles. The van der Waals surface area contributed by atoms with Gasteiger partial charge in [0.05, 0.1) is 19.4 Å². The van der Waals surface area contributed by atoms with Crippen LogP contribution in [0.2, 0.25) is 0 Å². The third kappa shape index (κ3) is 4.46. The molecule has 0 bridgehead atoms. The number of rotatable bonds is 6. The van der Waals surface area contributed by atoms with Gasteiger partial charge in [-0.1, -0.05) is 30.3 Å². The smallest absolute Gasteiger partial charge is 0.273 e. The summed E-state index contributed by atoms with van der Waals surface area (Å²) in [5.41, 5.74) is 3.25. The summed E-state index contributed by atoms with van der Waals surface area (Å²) >= 11 is 0. The molecule has 1 atom stereocenters. The molecule has 2 aromatic rings. The molecule has 0 unspecified atom stereocenters. The first kappa shape index (κ1) is 17.2. The number of hydrazone groups is 1. The third-order valence-electron chi connectivity index (χ3n) is 3.88. The lowest BCUT2D eigenvalue weighted by molar-refractivity contribution is -0.131. The van der Waals surface area contributed by atoms with Crippen molar-refractivity contribution in [2.24, 2.45) is 5.10 Å². The molecule has 1 aromatic heterocycles. The third-order valence-corrected chi connectivity index (χ3v) is 3.88. The predicted octanol–water partition coefficient (Wildman–Crippen LogP) is 1.95. The highest BCUT2D eigenvalue weighted by atomic mass is 16.5. The van der Waals surface area contributed by atoms with Crippen LogP contribution in [0, 0.1) is 0 Å². The van der Waals surface area contributed by atoms with Crippen LogP contribution in [0.5, 0.6) is 0 Å². The molecule has 0 aliphatic carbocycles. The van der Waals surface area contributed by atoms with Crippen LogP contribution in [0.25, 0.3) is 0 Å². The fourth-order valence-electron chi connectivity index (χ4n) is 2.61. The molecule has 0 radical (unpaired) electrons. The Balaban J connectivity index is 1.57. The minimum atomic E-state index is -0.709. The van der Waals surface area contributed by atoms with Crippen LogP contribution in [-0.4, -0.2) is 45.5 Å². The van der Waals surface area contributed by atoms with Crippen molar-refractivity contribution in [1.29, 1.82) is 0 Å². The number of methoxy groups -OCH3 is 1. The fourth-order valence-corrected chi connectivity index (χ4v) is 2.61. The van der Waals surface area contributed by atoms with Gasteiger partial charge in [-0.2, -0.15) is 5.10 Å². The van der Waals surface area contributed by atoms with Gasteiger partial charge in [0, 0.05) is 26.3 Å². The average molecular weight is 343 g/mol. The van der Waals surface area contributed by atoms with E-state index in [9.17, 15) is 4.79 Å². The molecule has 1 amide bonds. The molecular weight excluding hydrogens is 322 g/mol. The Bertz CT molecular complexity index is 708. The highest BCUT2D eigenvalue weighted by molar-refractivity contribution is 5.84. The van der Waals surface area contributed by atoms with E-state index in [2.05, 4.69) is 15.4 Å². The summed E-state index contributed by atoms with van der Waals surface area (Å²) in [6.45, 7) is 2.98. The summed E-state index contributed by atoms with van der Waals surface area (Å²) in [4.78, 5) is 14.3. The second-order valence-electron chi connectivity index (χ2n) is 5.54. The second kappa shape index (κ2) is 8.46. The van der Waals surface area contributed by atoms with Gasteiger partial charge in [0.2, 0.25) is 0 Å². The zero-order chi connectivity index (χ0) is 17.5. The van der Waals surface area contributed by atoms with E-state index < -0.39 is 6.10 Å². The molecule has 0 spiro atoms. The van der Waals surface area contributed by atoms with Crippen LogP contribution in [0.4, 0.5) is 5.88 Å². The summed E-state index contributed by atoms with van der Waals surface area (Å²) in [5, 5.41) is 3.95. The lowest BCUT2D eigenvalue weighted by Crippen LogP contribution is -2.35. The number of nitrogens with one attached hydrogen (secondary N) is 1. The molecule has 1 aromatic carbocycles. The lowest BCUT2D eigenvalue weighted by atomic mass is 10.1. The average Bonchev–Trinajstić information content (AvgIpc) is 3.13. The fraction of sp³-hybridized carbons (Fsp3) is 0.333. The van der Waals surface area contributed by atoms with Gasteiger partial charge in [0.1, 0.15) is 5.76 Å². The van der Waals surface area contributed by atoms with Crippen molar-refractivity contribution < 1.29 is 18.7 Å². The number of hydrogen-bond acceptors (Lipinski definition) is 6. The maximum Gasteiger partial charge on any atom is 0.273 e. The zero-order valence-electron chi connectivity index (χ0n) is 14.1. The Morgan fingerprint density at radius 1 is 1.24 bits per heavy atom. The summed E-state index contributed by atoms with van der Waals surface area (Å²) < 4.78 is 16.3. The lowest BCUT2D eigenvalue weighted by Gasteiger charge is -2.26. The number of furan rings is 1. The van der Waals surface area contributed by atoms with E-state index in [0.717, 1.165) is 24.5 Å². The van der Waals surface area contributed by atoms with Crippen LogP contribution in [0.1, 0.15) is 17.4 Å². The summed E-state index contributed by atoms with van der Waals surface area (Å²) in [7, 11) is 1.49. The topological polar surface area (TPSA) is 76.3 Å². The van der Waals surface area contributed by atoms with Gasteiger partial charge in [0.15, 0.2) is 12.0 Å². The predicted molar refractivity (Wildman–Crippen MR) is 93.7 cm³/mol. The van der Waals surface area contributed by atoms with E-state index in [0.29, 0.717) is 19.0 Å². The minimum absolute atomic E-state index is 0.343. The molecule has 132 valence electrons. The molecule has 0 saturated carbocycles. The molecule has 1 aliphatic rings. The number of nitrogens with zero attached hydrogens (tertiary/aromatic N) is 2. The number of ether oxygens (including phenoxy) is 2. The Labute approximate surface area is 146 Å². The maximum absolute atomic E-state index is 12.2. The van der Waals surface area contributed by atoms with Gasteiger partial charge in [-0.25, -0.2) is 5.43 Å². The first-order valence-corrected chi connectivity index (χ1v) is 8.11. The SMILES string of the molecule is CO[C@H](C(=O)N/N=C\c1ccc(N2CCOCC2)o1)c1ccccc1. The highest BCUT2D eigenvalue weighted by Crippen LogP contribution is 2.19. The van der Waals surface area contributed by atoms with Crippen molar-refractivity contribution in [2.45, 2.75) is 6.10 Å². The second-order valence-corrected chi connectivity index (χ2v) is 5.54. The maximum atomic E-state index is 12.2. The molecule has 1 saturated heterocycles. The van der Waals surface area contributed by atoms with Crippen LogP contribution < -0.4 is 10.3 Å². The molecule has 7 nitrogen and oxygen atoms in total. The van der Waals surface area contributed by atoms with E-state index in [1.165, 1.54) is 13.3 Å². The monoisotopic (exact) mass is 343 g/mol. The molecule has 7 heteroatoms. The number of morpholine rings is 1. The van der Waals surface area contributed by atoms with E-state index in [-0.39, 0.29) is 5.91 Å². The van der Waals surface area contributed by atoms with E-state index in [1.54, 1.807) is 0 Å². The van der Waals surface area contributed by atoms with Crippen molar-refractivity contribution in [3.63, 3.8) is 0 Å². The number of anilines is 1. The molecule has 3 rings (SSSR count). The number of carbonyl (C=O) groups excluding carboxylic acids is 1. The van der Waals surface area contributed by atoms with Gasteiger partial charge in [-0.05, 0) is 11.6 Å². The quantitative estimate of drug-likeness (QED) is 0.641. The molecular formula is C18H21N3O4. The minimum Gasteiger partial charge on any atom is -0.440 e. The Morgan fingerprint density at radius 3 is 2.72 bits per heavy atom. The summed E-state index contributed by atoms with van der Waals surface area (Å²) in [5.74, 6) is 0.996. The highest BCUT2D eigenvalue weighted by Gasteiger charge is 2.19. The number of amides is 1. The normalized spacial score (nSPS) is 16.1. The van der Waals surface area contributed by atoms with E-state index in [4.69, 9.17) is 13.9 Å². The molecule has 2 heterocycles. The van der Waals surface area contributed by atoms with Gasteiger partial charge in [-0.15, -0.1) is 0 Å².